The van der Waals surface area contributed by atoms with Crippen LogP contribution in [0.15, 0.2) is 69.7 Å². The SMILES string of the molecule is Nc1ccc(CN=Nc2ccc(-c3cnco3)cc2)cc1O. The number of anilines is 1. The summed E-state index contributed by atoms with van der Waals surface area (Å²) in [5.74, 6) is 0.768. The molecule has 22 heavy (non-hydrogen) atoms. The number of rotatable bonds is 4. The molecular weight excluding hydrogens is 280 g/mol. The second-order valence-electron chi connectivity index (χ2n) is 4.71. The average Bonchev–Trinajstić information content (AvgIpc) is 3.06. The summed E-state index contributed by atoms with van der Waals surface area (Å²) in [5.41, 5.74) is 8.41. The van der Waals surface area contributed by atoms with Gasteiger partial charge in [-0.15, -0.1) is 0 Å². The maximum absolute atomic E-state index is 9.53. The molecule has 1 aromatic heterocycles. The van der Waals surface area contributed by atoms with Crippen LogP contribution in [0.2, 0.25) is 0 Å². The van der Waals surface area contributed by atoms with Gasteiger partial charge in [0.25, 0.3) is 0 Å². The first-order valence-corrected chi connectivity index (χ1v) is 6.66. The van der Waals surface area contributed by atoms with Crippen LogP contribution in [0.3, 0.4) is 0 Å². The van der Waals surface area contributed by atoms with Gasteiger partial charge < -0.3 is 15.3 Å². The van der Waals surface area contributed by atoms with E-state index in [1.165, 1.54) is 6.39 Å². The van der Waals surface area contributed by atoms with E-state index in [0.717, 1.165) is 16.8 Å². The Morgan fingerprint density at radius 2 is 1.95 bits per heavy atom. The highest BCUT2D eigenvalue weighted by atomic mass is 16.3. The first kappa shape index (κ1) is 13.8. The van der Waals surface area contributed by atoms with E-state index in [1.807, 2.05) is 24.3 Å². The minimum atomic E-state index is 0.0594. The van der Waals surface area contributed by atoms with Crippen molar-refractivity contribution >= 4 is 11.4 Å². The lowest BCUT2D eigenvalue weighted by Gasteiger charge is -2.00. The van der Waals surface area contributed by atoms with Crippen molar-refractivity contribution in [1.82, 2.24) is 4.98 Å². The van der Waals surface area contributed by atoms with E-state index in [2.05, 4.69) is 15.2 Å². The van der Waals surface area contributed by atoms with Crippen LogP contribution >= 0.6 is 0 Å². The number of nitrogens with two attached hydrogens (primary N) is 1. The smallest absolute Gasteiger partial charge is 0.181 e. The van der Waals surface area contributed by atoms with Crippen molar-refractivity contribution in [3.8, 4) is 17.1 Å². The summed E-state index contributed by atoms with van der Waals surface area (Å²) in [7, 11) is 0. The van der Waals surface area contributed by atoms with Gasteiger partial charge >= 0.3 is 0 Å². The maximum Gasteiger partial charge on any atom is 0.181 e. The number of oxazole rings is 1. The number of azo groups is 1. The minimum absolute atomic E-state index is 0.0594. The van der Waals surface area contributed by atoms with Crippen LogP contribution in [0, 0.1) is 0 Å². The Morgan fingerprint density at radius 3 is 2.64 bits per heavy atom. The van der Waals surface area contributed by atoms with Crippen LogP contribution in [0.4, 0.5) is 11.4 Å². The molecule has 110 valence electrons. The summed E-state index contributed by atoms with van der Waals surface area (Å²) in [5, 5.41) is 17.8. The zero-order chi connectivity index (χ0) is 15.4. The summed E-state index contributed by atoms with van der Waals surface area (Å²) < 4.78 is 5.22. The monoisotopic (exact) mass is 294 g/mol. The molecule has 0 aliphatic heterocycles. The zero-order valence-electron chi connectivity index (χ0n) is 11.7. The summed E-state index contributed by atoms with van der Waals surface area (Å²) >= 11 is 0. The molecule has 0 atom stereocenters. The van der Waals surface area contributed by atoms with Crippen molar-refractivity contribution in [2.24, 2.45) is 10.2 Å². The van der Waals surface area contributed by atoms with Crippen LogP contribution < -0.4 is 5.73 Å². The van der Waals surface area contributed by atoms with Gasteiger partial charge in [0.05, 0.1) is 24.1 Å². The van der Waals surface area contributed by atoms with Gasteiger partial charge in [-0.25, -0.2) is 4.98 Å². The number of benzene rings is 2. The van der Waals surface area contributed by atoms with Crippen molar-refractivity contribution in [1.29, 1.82) is 0 Å². The van der Waals surface area contributed by atoms with Gasteiger partial charge in [-0.05, 0) is 42.0 Å². The highest BCUT2D eigenvalue weighted by Crippen LogP contribution is 2.23. The van der Waals surface area contributed by atoms with Gasteiger partial charge in [-0.2, -0.15) is 10.2 Å². The molecule has 3 aromatic rings. The number of nitrogen functional groups attached to an aromatic ring is 1. The van der Waals surface area contributed by atoms with Crippen LogP contribution in [-0.2, 0) is 6.54 Å². The van der Waals surface area contributed by atoms with E-state index >= 15 is 0 Å². The van der Waals surface area contributed by atoms with E-state index in [9.17, 15) is 5.11 Å². The lowest BCUT2D eigenvalue weighted by molar-refractivity contribution is 0.477. The molecule has 0 fully saturated rings. The van der Waals surface area contributed by atoms with Gasteiger partial charge in [0, 0.05) is 5.56 Å². The molecule has 0 saturated carbocycles. The molecule has 0 unspecified atom stereocenters. The van der Waals surface area contributed by atoms with Gasteiger partial charge in [0.2, 0.25) is 0 Å². The topological polar surface area (TPSA) is 97.0 Å². The fourth-order valence-corrected chi connectivity index (χ4v) is 1.94. The number of aromatic nitrogens is 1. The van der Waals surface area contributed by atoms with Crippen LogP contribution in [-0.4, -0.2) is 10.1 Å². The molecule has 0 radical (unpaired) electrons. The fraction of sp³-hybridized carbons (Fsp3) is 0.0625. The molecule has 0 aliphatic carbocycles. The first-order chi connectivity index (χ1) is 10.7. The number of aromatic hydroxyl groups is 1. The largest absolute Gasteiger partial charge is 0.506 e. The predicted molar refractivity (Wildman–Crippen MR) is 82.7 cm³/mol. The third-order valence-corrected chi connectivity index (χ3v) is 3.12. The van der Waals surface area contributed by atoms with Crippen molar-refractivity contribution in [3.63, 3.8) is 0 Å². The molecule has 1 heterocycles. The van der Waals surface area contributed by atoms with E-state index in [4.69, 9.17) is 10.2 Å². The number of nitrogens with zero attached hydrogens (tertiary/aromatic N) is 3. The second-order valence-corrected chi connectivity index (χ2v) is 4.71. The summed E-state index contributed by atoms with van der Waals surface area (Å²) in [6.45, 7) is 0.373. The highest BCUT2D eigenvalue weighted by molar-refractivity contribution is 5.59. The van der Waals surface area contributed by atoms with Gasteiger partial charge in [-0.1, -0.05) is 6.07 Å². The van der Waals surface area contributed by atoms with Gasteiger partial charge in [0.15, 0.2) is 12.2 Å². The molecule has 3 rings (SSSR count). The van der Waals surface area contributed by atoms with Crippen LogP contribution in [0.25, 0.3) is 11.3 Å². The Hall–Kier alpha value is -3.15. The Bertz CT molecular complexity index is 780. The zero-order valence-corrected chi connectivity index (χ0v) is 11.7. The number of hydrogen-bond acceptors (Lipinski definition) is 6. The van der Waals surface area contributed by atoms with Crippen molar-refractivity contribution in [2.45, 2.75) is 6.54 Å². The third-order valence-electron chi connectivity index (χ3n) is 3.12. The predicted octanol–water partition coefficient (Wildman–Crippen LogP) is 3.91. The lowest BCUT2D eigenvalue weighted by atomic mass is 10.2. The van der Waals surface area contributed by atoms with Crippen molar-refractivity contribution in [2.75, 3.05) is 5.73 Å². The third kappa shape index (κ3) is 3.12. The Labute approximate surface area is 127 Å². The molecule has 6 heteroatoms. The summed E-state index contributed by atoms with van der Waals surface area (Å²) in [4.78, 5) is 3.88. The fourth-order valence-electron chi connectivity index (χ4n) is 1.94. The normalized spacial score (nSPS) is 11.1. The van der Waals surface area contributed by atoms with Gasteiger partial charge in [-0.3, -0.25) is 0 Å². The molecule has 0 bridgehead atoms. The number of phenolic OH excluding ortho intramolecular Hbond substituents is 1. The highest BCUT2D eigenvalue weighted by Gasteiger charge is 2.01. The Morgan fingerprint density at radius 1 is 1.14 bits per heavy atom. The summed E-state index contributed by atoms with van der Waals surface area (Å²) in [6.07, 6.45) is 3.05. The molecular formula is C16H14N4O2. The molecule has 0 amide bonds. The first-order valence-electron chi connectivity index (χ1n) is 6.66. The lowest BCUT2D eigenvalue weighted by Crippen LogP contribution is -1.87. The van der Waals surface area contributed by atoms with Crippen LogP contribution in [0.1, 0.15) is 5.56 Å². The molecule has 0 spiro atoms. The van der Waals surface area contributed by atoms with Crippen LogP contribution in [0.5, 0.6) is 5.75 Å². The molecule has 3 N–H and O–H groups in total. The Kier molecular flexibility index (Phi) is 3.82. The molecule has 0 aliphatic rings. The molecule has 0 saturated heterocycles. The average molecular weight is 294 g/mol. The molecule has 6 nitrogen and oxygen atoms in total. The van der Waals surface area contributed by atoms with Crippen molar-refractivity contribution in [3.05, 3.63) is 60.6 Å². The second kappa shape index (κ2) is 6.09. The number of hydrogen-bond donors (Lipinski definition) is 2. The standard InChI is InChI=1S/C16H14N4O2/c17-14-6-1-11(7-15(14)21)8-19-20-13-4-2-12(3-5-13)16-9-18-10-22-16/h1-7,9-10,21H,8,17H2. The maximum atomic E-state index is 9.53. The Balaban J connectivity index is 1.66. The quantitative estimate of drug-likeness (QED) is 0.433. The van der Waals surface area contributed by atoms with E-state index < -0.39 is 0 Å². The summed E-state index contributed by atoms with van der Waals surface area (Å²) in [6, 6.07) is 12.5. The minimum Gasteiger partial charge on any atom is -0.506 e. The number of phenols is 1. The molecule has 2 aromatic carbocycles. The van der Waals surface area contributed by atoms with E-state index in [-0.39, 0.29) is 5.75 Å². The van der Waals surface area contributed by atoms with E-state index in [1.54, 1.807) is 24.4 Å². The van der Waals surface area contributed by atoms with Gasteiger partial charge in [0.1, 0.15) is 5.75 Å². The van der Waals surface area contributed by atoms with E-state index in [0.29, 0.717) is 18.0 Å². The van der Waals surface area contributed by atoms with Crippen molar-refractivity contribution < 1.29 is 9.52 Å².